The van der Waals surface area contributed by atoms with E-state index in [-0.39, 0.29) is 0 Å². The summed E-state index contributed by atoms with van der Waals surface area (Å²) in [6, 6.07) is 0. The molecular weight excluding hydrogens is 209 g/mol. The van der Waals surface area contributed by atoms with E-state index in [0.29, 0.717) is 0 Å². The highest BCUT2D eigenvalue weighted by molar-refractivity contribution is 6.04. The molecule has 78 valence electrons. The van der Waals surface area contributed by atoms with Crippen molar-refractivity contribution in [2.75, 3.05) is 0 Å². The number of cyclic esters (lactones) is 2. The minimum atomic E-state index is -5.08. The van der Waals surface area contributed by atoms with Gasteiger partial charge in [0.1, 0.15) is 0 Å². The summed E-state index contributed by atoms with van der Waals surface area (Å²) in [4.78, 5) is 28.7. The Morgan fingerprint density at radius 1 is 1.21 bits per heavy atom. The van der Waals surface area contributed by atoms with E-state index in [2.05, 4.69) is 4.74 Å². The summed E-state index contributed by atoms with van der Waals surface area (Å²) >= 11 is 0. The zero-order valence-electron chi connectivity index (χ0n) is 6.37. The van der Waals surface area contributed by atoms with Crippen LogP contribution in [0.3, 0.4) is 0 Å². The van der Waals surface area contributed by atoms with E-state index < -0.39 is 24.1 Å². The fourth-order valence-electron chi connectivity index (χ4n) is 0.303. The van der Waals surface area contributed by atoms with E-state index in [9.17, 15) is 22.8 Å². The normalized spacial score (nSPS) is 14.5. The Labute approximate surface area is 74.8 Å². The van der Waals surface area contributed by atoms with Crippen LogP contribution in [-0.2, 0) is 19.1 Å². The fourth-order valence-corrected chi connectivity index (χ4v) is 0.303. The number of esters is 2. The van der Waals surface area contributed by atoms with Crippen molar-refractivity contribution in [3.63, 3.8) is 0 Å². The SMILES string of the molecule is O=C(O)C(F)(F)F.O=C1C=CC(=O)O1. The van der Waals surface area contributed by atoms with Crippen LogP contribution in [0.5, 0.6) is 0 Å². The molecule has 14 heavy (non-hydrogen) atoms. The quantitative estimate of drug-likeness (QED) is 0.460. The lowest BCUT2D eigenvalue weighted by Crippen LogP contribution is -2.21. The summed E-state index contributed by atoms with van der Waals surface area (Å²) in [7, 11) is 0. The van der Waals surface area contributed by atoms with Crippen LogP contribution >= 0.6 is 0 Å². The molecule has 0 aromatic carbocycles. The van der Waals surface area contributed by atoms with Crippen molar-refractivity contribution >= 4 is 17.9 Å². The fraction of sp³-hybridized carbons (Fsp3) is 0.167. The zero-order valence-corrected chi connectivity index (χ0v) is 6.37. The Kier molecular flexibility index (Phi) is 3.81. The molecule has 0 unspecified atom stereocenters. The number of hydrogen-bond donors (Lipinski definition) is 1. The van der Waals surface area contributed by atoms with Crippen LogP contribution in [-0.4, -0.2) is 29.2 Å². The van der Waals surface area contributed by atoms with Gasteiger partial charge in [-0.1, -0.05) is 0 Å². The molecule has 1 heterocycles. The Hall–Kier alpha value is -1.86. The second kappa shape index (κ2) is 4.40. The monoisotopic (exact) mass is 212 g/mol. The standard InChI is InChI=1S/C4H2O3.C2HF3O2/c5-3-1-2-4(6)7-3;3-2(4,5)1(6)7/h1-2H;(H,6,7). The first-order valence-corrected chi connectivity index (χ1v) is 2.97. The summed E-state index contributed by atoms with van der Waals surface area (Å²) in [6.45, 7) is 0. The molecule has 5 nitrogen and oxygen atoms in total. The highest BCUT2D eigenvalue weighted by atomic mass is 19.4. The molecule has 0 saturated heterocycles. The lowest BCUT2D eigenvalue weighted by atomic mass is 10.6. The van der Waals surface area contributed by atoms with Gasteiger partial charge in [-0.2, -0.15) is 13.2 Å². The predicted octanol–water partition coefficient (Wildman–Crippen LogP) is 0.259. The number of rotatable bonds is 0. The maximum absolute atomic E-state index is 10.6. The third-order valence-electron chi connectivity index (χ3n) is 0.799. The highest BCUT2D eigenvalue weighted by Gasteiger charge is 2.38. The van der Waals surface area contributed by atoms with Crippen LogP contribution < -0.4 is 0 Å². The van der Waals surface area contributed by atoms with Crippen LogP contribution in [0.1, 0.15) is 0 Å². The van der Waals surface area contributed by atoms with Gasteiger partial charge >= 0.3 is 24.1 Å². The van der Waals surface area contributed by atoms with Crippen molar-refractivity contribution in [3.05, 3.63) is 12.2 Å². The van der Waals surface area contributed by atoms with Crippen LogP contribution in [0.15, 0.2) is 12.2 Å². The molecular formula is C6H3F3O5. The number of carboxylic acids is 1. The van der Waals surface area contributed by atoms with Gasteiger partial charge in [0.15, 0.2) is 0 Å². The van der Waals surface area contributed by atoms with Crippen molar-refractivity contribution in [3.8, 4) is 0 Å². The molecule has 0 atom stereocenters. The number of ether oxygens (including phenoxy) is 1. The molecule has 1 rings (SSSR count). The van der Waals surface area contributed by atoms with Gasteiger partial charge in [-0.3, -0.25) is 0 Å². The number of alkyl halides is 3. The molecule has 0 saturated carbocycles. The molecule has 0 amide bonds. The average Bonchev–Trinajstić information content (AvgIpc) is 2.33. The van der Waals surface area contributed by atoms with Gasteiger partial charge < -0.3 is 9.84 Å². The molecule has 0 aromatic rings. The molecule has 8 heteroatoms. The van der Waals surface area contributed by atoms with Gasteiger partial charge in [-0.05, 0) is 0 Å². The molecule has 1 aliphatic rings. The Morgan fingerprint density at radius 2 is 1.50 bits per heavy atom. The average molecular weight is 212 g/mol. The number of carbonyl (C=O) groups excluding carboxylic acids is 2. The maximum Gasteiger partial charge on any atom is 0.490 e. The van der Waals surface area contributed by atoms with Crippen LogP contribution in [0.25, 0.3) is 0 Å². The maximum atomic E-state index is 10.6. The van der Waals surface area contributed by atoms with Gasteiger partial charge in [0, 0.05) is 12.2 Å². The summed E-state index contributed by atoms with van der Waals surface area (Å²) in [5.41, 5.74) is 0. The first-order chi connectivity index (χ1) is 6.23. The van der Waals surface area contributed by atoms with E-state index in [1.807, 2.05) is 0 Å². The summed E-state index contributed by atoms with van der Waals surface area (Å²) in [6.07, 6.45) is -2.91. The molecule has 0 fully saturated rings. The van der Waals surface area contributed by atoms with Gasteiger partial charge in [0.05, 0.1) is 0 Å². The van der Waals surface area contributed by atoms with Crippen LogP contribution in [0.4, 0.5) is 13.2 Å². The van der Waals surface area contributed by atoms with Crippen LogP contribution in [0, 0.1) is 0 Å². The van der Waals surface area contributed by atoms with Crippen molar-refractivity contribution in [2.45, 2.75) is 6.18 Å². The number of aliphatic carboxylic acids is 1. The molecule has 1 aliphatic heterocycles. The Morgan fingerprint density at radius 3 is 1.57 bits per heavy atom. The van der Waals surface area contributed by atoms with E-state index in [0.717, 1.165) is 12.2 Å². The second-order valence-corrected chi connectivity index (χ2v) is 1.88. The van der Waals surface area contributed by atoms with E-state index >= 15 is 0 Å². The summed E-state index contributed by atoms with van der Waals surface area (Å²) in [5, 5.41) is 7.12. The first kappa shape index (κ1) is 12.1. The third-order valence-corrected chi connectivity index (χ3v) is 0.799. The second-order valence-electron chi connectivity index (χ2n) is 1.88. The minimum absolute atomic E-state index is 0.579. The Balaban J connectivity index is 0.000000241. The highest BCUT2D eigenvalue weighted by Crippen LogP contribution is 2.13. The lowest BCUT2D eigenvalue weighted by Gasteiger charge is -1.93. The van der Waals surface area contributed by atoms with Crippen LogP contribution in [0.2, 0.25) is 0 Å². The number of halogens is 3. The van der Waals surface area contributed by atoms with E-state index in [1.165, 1.54) is 0 Å². The van der Waals surface area contributed by atoms with E-state index in [1.54, 1.807) is 0 Å². The van der Waals surface area contributed by atoms with Gasteiger partial charge in [0.25, 0.3) is 0 Å². The topological polar surface area (TPSA) is 80.7 Å². The smallest absolute Gasteiger partial charge is 0.475 e. The number of carboxylic acid groups (broad SMARTS) is 1. The van der Waals surface area contributed by atoms with Crippen molar-refractivity contribution < 1.29 is 37.4 Å². The molecule has 0 aliphatic carbocycles. The third kappa shape index (κ3) is 4.91. The van der Waals surface area contributed by atoms with E-state index in [4.69, 9.17) is 9.90 Å². The lowest BCUT2D eigenvalue weighted by molar-refractivity contribution is -0.192. The zero-order chi connectivity index (χ0) is 11.4. The summed E-state index contributed by atoms with van der Waals surface area (Å²) in [5.74, 6) is -3.91. The predicted molar refractivity (Wildman–Crippen MR) is 33.9 cm³/mol. The van der Waals surface area contributed by atoms with Gasteiger partial charge in [-0.25, -0.2) is 14.4 Å². The van der Waals surface area contributed by atoms with Gasteiger partial charge in [-0.15, -0.1) is 0 Å². The van der Waals surface area contributed by atoms with Crippen molar-refractivity contribution in [1.29, 1.82) is 0 Å². The molecule has 0 spiro atoms. The molecule has 0 bridgehead atoms. The Bertz CT molecular complexity index is 274. The molecule has 1 N–H and O–H groups in total. The van der Waals surface area contributed by atoms with Gasteiger partial charge in [0.2, 0.25) is 0 Å². The largest absolute Gasteiger partial charge is 0.490 e. The summed E-state index contributed by atoms with van der Waals surface area (Å²) < 4.78 is 35.7. The molecule has 0 aromatic heterocycles. The molecule has 0 radical (unpaired) electrons. The number of hydrogen-bond acceptors (Lipinski definition) is 4. The van der Waals surface area contributed by atoms with Crippen molar-refractivity contribution in [1.82, 2.24) is 0 Å². The van der Waals surface area contributed by atoms with Crippen molar-refractivity contribution in [2.24, 2.45) is 0 Å². The first-order valence-electron chi connectivity index (χ1n) is 2.97. The minimum Gasteiger partial charge on any atom is -0.475 e. The number of carbonyl (C=O) groups is 3.